The maximum atomic E-state index is 3.65. The Morgan fingerprint density at radius 2 is 2.28 bits per heavy atom. The number of thiophene rings is 1. The van der Waals surface area contributed by atoms with Gasteiger partial charge in [-0.3, -0.25) is 4.90 Å². The van der Waals surface area contributed by atoms with Crippen LogP contribution in [0.25, 0.3) is 0 Å². The molecule has 0 bridgehead atoms. The van der Waals surface area contributed by atoms with E-state index in [1.807, 2.05) is 0 Å². The van der Waals surface area contributed by atoms with Crippen molar-refractivity contribution in [2.24, 2.45) is 5.92 Å². The van der Waals surface area contributed by atoms with Crippen LogP contribution < -0.4 is 5.32 Å². The maximum Gasteiger partial charge on any atom is 0.0198 e. The third-order valence-electron chi connectivity index (χ3n) is 3.78. The number of rotatable bonds is 5. The zero-order valence-electron chi connectivity index (χ0n) is 11.9. The van der Waals surface area contributed by atoms with Gasteiger partial charge in [-0.25, -0.2) is 0 Å². The Hall–Kier alpha value is -0.380. The van der Waals surface area contributed by atoms with Crippen molar-refractivity contribution in [3.8, 4) is 0 Å². The third-order valence-corrected chi connectivity index (χ3v) is 4.51. The summed E-state index contributed by atoms with van der Waals surface area (Å²) in [6.07, 6.45) is 2.49. The summed E-state index contributed by atoms with van der Waals surface area (Å²) in [6.45, 7) is 10.6. The molecule has 0 spiro atoms. The van der Waals surface area contributed by atoms with Crippen molar-refractivity contribution in [2.45, 2.75) is 45.7 Å². The zero-order chi connectivity index (χ0) is 13.0. The van der Waals surface area contributed by atoms with Gasteiger partial charge in [0, 0.05) is 31.7 Å². The third kappa shape index (κ3) is 4.08. The molecule has 2 nitrogen and oxygen atoms in total. The average Bonchev–Trinajstić information content (AvgIpc) is 2.81. The normalized spacial score (nSPS) is 23.4. The molecule has 0 saturated carbocycles. The number of hydrogen-bond donors (Lipinski definition) is 1. The van der Waals surface area contributed by atoms with Crippen molar-refractivity contribution in [3.05, 3.63) is 22.4 Å². The highest BCUT2D eigenvalue weighted by Crippen LogP contribution is 2.16. The average molecular weight is 266 g/mol. The van der Waals surface area contributed by atoms with E-state index in [2.05, 4.69) is 47.8 Å². The van der Waals surface area contributed by atoms with Crippen LogP contribution in [0.4, 0.5) is 0 Å². The number of nitrogens with zero attached hydrogens (tertiary/aromatic N) is 1. The summed E-state index contributed by atoms with van der Waals surface area (Å²) in [6, 6.07) is 3.61. The van der Waals surface area contributed by atoms with Crippen LogP contribution in [-0.4, -0.2) is 36.6 Å². The standard InChI is InChI=1S/C15H26N2S/c1-12(2)8-15-10-17(6-5-16-15)13(3)9-14-4-7-18-11-14/h4,7,11-13,15-16H,5-6,8-10H2,1-3H3. The second-order valence-corrected chi connectivity index (χ2v) is 6.74. The van der Waals surface area contributed by atoms with E-state index in [0.717, 1.165) is 12.5 Å². The number of nitrogens with one attached hydrogen (secondary N) is 1. The monoisotopic (exact) mass is 266 g/mol. The van der Waals surface area contributed by atoms with Crippen molar-refractivity contribution in [1.82, 2.24) is 10.2 Å². The van der Waals surface area contributed by atoms with Gasteiger partial charge in [0.15, 0.2) is 0 Å². The van der Waals surface area contributed by atoms with Gasteiger partial charge in [0.1, 0.15) is 0 Å². The molecule has 0 radical (unpaired) electrons. The Balaban J connectivity index is 1.84. The van der Waals surface area contributed by atoms with Crippen molar-refractivity contribution in [3.63, 3.8) is 0 Å². The largest absolute Gasteiger partial charge is 0.311 e. The van der Waals surface area contributed by atoms with Crippen LogP contribution in [0.5, 0.6) is 0 Å². The quantitative estimate of drug-likeness (QED) is 0.881. The molecule has 3 heteroatoms. The minimum absolute atomic E-state index is 0.663. The Bertz CT molecular complexity index is 334. The fourth-order valence-electron chi connectivity index (χ4n) is 2.86. The van der Waals surface area contributed by atoms with Crippen LogP contribution in [-0.2, 0) is 6.42 Å². The lowest BCUT2D eigenvalue weighted by molar-refractivity contribution is 0.143. The Kier molecular flexibility index (Phi) is 5.22. The molecule has 102 valence electrons. The van der Waals surface area contributed by atoms with Crippen LogP contribution in [0.1, 0.15) is 32.8 Å². The van der Waals surface area contributed by atoms with Crippen LogP contribution in [0.3, 0.4) is 0 Å². The minimum Gasteiger partial charge on any atom is -0.311 e. The van der Waals surface area contributed by atoms with E-state index in [1.165, 1.54) is 31.5 Å². The fourth-order valence-corrected chi connectivity index (χ4v) is 3.54. The summed E-state index contributed by atoms with van der Waals surface area (Å²) in [5, 5.41) is 8.12. The summed E-state index contributed by atoms with van der Waals surface area (Å²) in [5.41, 5.74) is 1.49. The van der Waals surface area contributed by atoms with Crippen molar-refractivity contribution in [2.75, 3.05) is 19.6 Å². The van der Waals surface area contributed by atoms with E-state index in [-0.39, 0.29) is 0 Å². The molecule has 2 unspecified atom stereocenters. The first-order valence-corrected chi connectivity index (χ1v) is 8.08. The highest BCUT2D eigenvalue weighted by atomic mass is 32.1. The molecule has 0 amide bonds. The number of hydrogen-bond acceptors (Lipinski definition) is 3. The lowest BCUT2D eigenvalue weighted by Gasteiger charge is -2.38. The van der Waals surface area contributed by atoms with E-state index in [9.17, 15) is 0 Å². The molecule has 1 aromatic heterocycles. The first kappa shape index (κ1) is 14.0. The summed E-state index contributed by atoms with van der Waals surface area (Å²) >= 11 is 1.81. The minimum atomic E-state index is 0.663. The Labute approximate surface area is 115 Å². The summed E-state index contributed by atoms with van der Waals surface area (Å²) < 4.78 is 0. The molecule has 1 saturated heterocycles. The zero-order valence-corrected chi connectivity index (χ0v) is 12.7. The fraction of sp³-hybridized carbons (Fsp3) is 0.733. The van der Waals surface area contributed by atoms with Gasteiger partial charge in [-0.2, -0.15) is 11.3 Å². The summed E-state index contributed by atoms with van der Waals surface area (Å²) in [7, 11) is 0. The summed E-state index contributed by atoms with van der Waals surface area (Å²) in [4.78, 5) is 2.65. The maximum absolute atomic E-state index is 3.65. The molecule has 2 rings (SSSR count). The van der Waals surface area contributed by atoms with Gasteiger partial charge in [-0.05, 0) is 48.1 Å². The van der Waals surface area contributed by atoms with Crippen LogP contribution in [0.2, 0.25) is 0 Å². The molecule has 1 aliphatic rings. The van der Waals surface area contributed by atoms with Gasteiger partial charge in [0.05, 0.1) is 0 Å². The lowest BCUT2D eigenvalue weighted by atomic mass is 10.00. The second kappa shape index (κ2) is 6.69. The van der Waals surface area contributed by atoms with E-state index in [1.54, 1.807) is 11.3 Å². The van der Waals surface area contributed by atoms with E-state index < -0.39 is 0 Å². The molecule has 1 fully saturated rings. The van der Waals surface area contributed by atoms with Crippen molar-refractivity contribution < 1.29 is 0 Å². The van der Waals surface area contributed by atoms with E-state index in [4.69, 9.17) is 0 Å². The van der Waals surface area contributed by atoms with Gasteiger partial charge in [-0.15, -0.1) is 0 Å². The molecule has 0 aliphatic carbocycles. The van der Waals surface area contributed by atoms with Gasteiger partial charge >= 0.3 is 0 Å². The SMILES string of the molecule is CC(C)CC1CN(C(C)Cc2ccsc2)CCN1. The Morgan fingerprint density at radius 1 is 1.44 bits per heavy atom. The van der Waals surface area contributed by atoms with Crippen LogP contribution >= 0.6 is 11.3 Å². The lowest BCUT2D eigenvalue weighted by Crippen LogP contribution is -2.54. The molecular formula is C15H26N2S. The molecular weight excluding hydrogens is 240 g/mol. The smallest absolute Gasteiger partial charge is 0.0198 e. The van der Waals surface area contributed by atoms with Gasteiger partial charge < -0.3 is 5.32 Å². The Morgan fingerprint density at radius 3 is 2.94 bits per heavy atom. The topological polar surface area (TPSA) is 15.3 Å². The van der Waals surface area contributed by atoms with Gasteiger partial charge in [0.2, 0.25) is 0 Å². The first-order valence-electron chi connectivity index (χ1n) is 7.13. The van der Waals surface area contributed by atoms with Gasteiger partial charge in [0.25, 0.3) is 0 Å². The predicted molar refractivity (Wildman–Crippen MR) is 80.3 cm³/mol. The molecule has 2 heterocycles. The van der Waals surface area contributed by atoms with Crippen molar-refractivity contribution >= 4 is 11.3 Å². The summed E-state index contributed by atoms with van der Waals surface area (Å²) in [5.74, 6) is 0.787. The van der Waals surface area contributed by atoms with Crippen molar-refractivity contribution in [1.29, 1.82) is 0 Å². The van der Waals surface area contributed by atoms with Crippen LogP contribution in [0, 0.1) is 5.92 Å². The predicted octanol–water partition coefficient (Wildman–Crippen LogP) is 3.00. The molecule has 0 aromatic carbocycles. The van der Waals surface area contributed by atoms with Gasteiger partial charge in [-0.1, -0.05) is 13.8 Å². The highest BCUT2D eigenvalue weighted by Gasteiger charge is 2.23. The molecule has 1 N–H and O–H groups in total. The molecule has 1 aromatic rings. The van der Waals surface area contributed by atoms with E-state index in [0.29, 0.717) is 12.1 Å². The first-order chi connectivity index (χ1) is 8.65. The molecule has 2 atom stereocenters. The second-order valence-electron chi connectivity index (χ2n) is 5.96. The van der Waals surface area contributed by atoms with E-state index >= 15 is 0 Å². The number of piperazine rings is 1. The van der Waals surface area contributed by atoms with Crippen LogP contribution in [0.15, 0.2) is 16.8 Å². The molecule has 18 heavy (non-hydrogen) atoms. The molecule has 1 aliphatic heterocycles. The highest BCUT2D eigenvalue weighted by molar-refractivity contribution is 7.07.